The summed E-state index contributed by atoms with van der Waals surface area (Å²) >= 11 is 0. The molecule has 1 aromatic heterocycles. The zero-order valence-electron chi connectivity index (χ0n) is 31.0. The van der Waals surface area contributed by atoms with E-state index in [4.69, 9.17) is 0 Å². The number of hydrogen-bond donors (Lipinski definition) is 0. The fourth-order valence-corrected chi connectivity index (χ4v) is 8.99. The average molecular weight is 692 g/mol. The van der Waals surface area contributed by atoms with Gasteiger partial charge in [0.05, 0.1) is 11.0 Å². The van der Waals surface area contributed by atoms with Crippen LogP contribution in [0.2, 0.25) is 0 Å². The zero-order valence-corrected chi connectivity index (χ0v) is 31.0. The molecule has 0 radical (unpaired) electrons. The summed E-state index contributed by atoms with van der Waals surface area (Å²) in [6.07, 6.45) is 0.897. The number of nitrogens with zero attached hydrogens (tertiary/aromatic N) is 1. The summed E-state index contributed by atoms with van der Waals surface area (Å²) in [5.74, 6) is 0. The Labute approximate surface area is 317 Å². The van der Waals surface area contributed by atoms with Crippen LogP contribution in [0.1, 0.15) is 41.7 Å². The van der Waals surface area contributed by atoms with E-state index in [2.05, 4.69) is 207 Å². The van der Waals surface area contributed by atoms with Crippen LogP contribution in [-0.2, 0) is 11.8 Å². The molecule has 1 heterocycles. The lowest BCUT2D eigenvalue weighted by molar-refractivity contribution is 0.661. The Morgan fingerprint density at radius 1 is 0.426 bits per heavy atom. The quantitative estimate of drug-likeness (QED) is 0.164. The maximum absolute atomic E-state index is 2.50. The smallest absolute Gasteiger partial charge is 0.0544 e. The molecule has 0 atom stereocenters. The molecule has 9 aromatic rings. The van der Waals surface area contributed by atoms with E-state index in [-0.39, 0.29) is 5.41 Å². The van der Waals surface area contributed by atoms with Crippen molar-refractivity contribution in [2.75, 3.05) is 0 Å². The molecule has 0 amide bonds. The SMILES string of the molecule is Cc1ccc(-c2cc(-c3ccccc3)cc(-n3c4ccccc4c4cc5c(cc43)C(C)(C)c3ccccc3-5)c2)cc1-c1ccccc1Cc1ccccc1. The van der Waals surface area contributed by atoms with Crippen LogP contribution in [0, 0.1) is 6.92 Å². The molecule has 54 heavy (non-hydrogen) atoms. The maximum atomic E-state index is 2.50. The van der Waals surface area contributed by atoms with Gasteiger partial charge in [-0.05, 0) is 128 Å². The molecule has 0 spiro atoms. The predicted octanol–water partition coefficient (Wildman–Crippen LogP) is 14.0. The van der Waals surface area contributed by atoms with Gasteiger partial charge in [-0.1, -0.05) is 153 Å². The highest BCUT2D eigenvalue weighted by molar-refractivity contribution is 6.11. The van der Waals surface area contributed by atoms with Crippen molar-refractivity contribution in [1.82, 2.24) is 4.57 Å². The van der Waals surface area contributed by atoms with E-state index >= 15 is 0 Å². The lowest BCUT2D eigenvalue weighted by atomic mass is 9.82. The molecule has 1 nitrogen and oxygen atoms in total. The van der Waals surface area contributed by atoms with Crippen LogP contribution in [0.3, 0.4) is 0 Å². The Hall–Kier alpha value is -6.44. The first-order valence-electron chi connectivity index (χ1n) is 19.1. The number of para-hydroxylation sites is 1. The molecule has 0 fully saturated rings. The summed E-state index contributed by atoms with van der Waals surface area (Å²) in [5, 5.41) is 2.56. The molecular formula is C53H41N. The van der Waals surface area contributed by atoms with Crippen LogP contribution in [0.4, 0.5) is 0 Å². The fourth-order valence-electron chi connectivity index (χ4n) is 8.99. The van der Waals surface area contributed by atoms with Crippen molar-refractivity contribution >= 4 is 21.8 Å². The van der Waals surface area contributed by atoms with Gasteiger partial charge in [0, 0.05) is 21.9 Å². The Morgan fingerprint density at radius 3 is 1.91 bits per heavy atom. The highest BCUT2D eigenvalue weighted by atomic mass is 15.0. The monoisotopic (exact) mass is 691 g/mol. The number of benzene rings is 8. The first kappa shape index (κ1) is 32.2. The molecule has 0 aliphatic heterocycles. The summed E-state index contributed by atoms with van der Waals surface area (Å²) in [5.41, 5.74) is 20.4. The van der Waals surface area contributed by atoms with Gasteiger partial charge in [0.15, 0.2) is 0 Å². The fraction of sp³-hybridized carbons (Fsp3) is 0.0943. The number of hydrogen-bond acceptors (Lipinski definition) is 0. The number of aryl methyl sites for hydroxylation is 1. The molecule has 1 aliphatic carbocycles. The van der Waals surface area contributed by atoms with Crippen LogP contribution >= 0.6 is 0 Å². The topological polar surface area (TPSA) is 4.93 Å². The summed E-state index contributed by atoms with van der Waals surface area (Å²) < 4.78 is 2.50. The first-order valence-corrected chi connectivity index (χ1v) is 19.1. The van der Waals surface area contributed by atoms with Gasteiger partial charge >= 0.3 is 0 Å². The van der Waals surface area contributed by atoms with Crippen LogP contribution < -0.4 is 0 Å². The van der Waals surface area contributed by atoms with Crippen molar-refractivity contribution in [2.45, 2.75) is 32.6 Å². The second-order valence-corrected chi connectivity index (χ2v) is 15.4. The van der Waals surface area contributed by atoms with E-state index in [1.54, 1.807) is 0 Å². The minimum absolute atomic E-state index is 0.0897. The third-order valence-corrected chi connectivity index (χ3v) is 11.8. The first-order chi connectivity index (χ1) is 26.4. The summed E-state index contributed by atoms with van der Waals surface area (Å²) in [7, 11) is 0. The van der Waals surface area contributed by atoms with Crippen molar-refractivity contribution in [3.8, 4) is 50.2 Å². The third kappa shape index (κ3) is 5.23. The van der Waals surface area contributed by atoms with Gasteiger partial charge in [0.2, 0.25) is 0 Å². The Bertz CT molecular complexity index is 2870. The highest BCUT2D eigenvalue weighted by Crippen LogP contribution is 2.51. The average Bonchev–Trinajstić information content (AvgIpc) is 3.66. The second kappa shape index (κ2) is 12.6. The molecule has 258 valence electrons. The van der Waals surface area contributed by atoms with Gasteiger partial charge in [-0.15, -0.1) is 0 Å². The van der Waals surface area contributed by atoms with Crippen molar-refractivity contribution in [1.29, 1.82) is 0 Å². The minimum atomic E-state index is -0.0897. The largest absolute Gasteiger partial charge is 0.309 e. The molecule has 8 aromatic carbocycles. The Balaban J connectivity index is 1.19. The van der Waals surface area contributed by atoms with E-state index < -0.39 is 0 Å². The molecular weight excluding hydrogens is 651 g/mol. The van der Waals surface area contributed by atoms with Crippen molar-refractivity contribution in [2.24, 2.45) is 0 Å². The van der Waals surface area contributed by atoms with Crippen LogP contribution in [0.15, 0.2) is 182 Å². The summed E-state index contributed by atoms with van der Waals surface area (Å²) in [6, 6.07) is 67.4. The Kier molecular flexibility index (Phi) is 7.52. The summed E-state index contributed by atoms with van der Waals surface area (Å²) in [4.78, 5) is 0. The highest BCUT2D eigenvalue weighted by Gasteiger charge is 2.36. The van der Waals surface area contributed by atoms with E-state index in [0.717, 1.165) is 12.1 Å². The molecule has 0 N–H and O–H groups in total. The molecule has 10 rings (SSSR count). The number of aromatic nitrogens is 1. The predicted molar refractivity (Wildman–Crippen MR) is 229 cm³/mol. The van der Waals surface area contributed by atoms with E-state index in [1.165, 1.54) is 94.1 Å². The number of rotatable bonds is 6. The molecule has 1 heteroatoms. The standard InChI is InChI=1S/C53H41N/c1-35-26-27-38(32-46(35)43-21-11-10-20-39(43)28-36-16-6-4-7-17-36)41-29-40(37-18-8-5-9-19-37)30-42(31-41)54-51-25-15-13-23-45(51)48-33-47-44-22-12-14-24-49(44)53(2,3)50(47)34-52(48)54/h4-27,29-34H,28H2,1-3H3. The van der Waals surface area contributed by atoms with Crippen molar-refractivity contribution in [3.05, 3.63) is 210 Å². The number of fused-ring (bicyclic) bond motifs is 6. The van der Waals surface area contributed by atoms with E-state index in [0.29, 0.717) is 0 Å². The van der Waals surface area contributed by atoms with E-state index in [1.807, 2.05) is 0 Å². The minimum Gasteiger partial charge on any atom is -0.309 e. The summed E-state index contributed by atoms with van der Waals surface area (Å²) in [6.45, 7) is 6.98. The molecule has 0 saturated heterocycles. The van der Waals surface area contributed by atoms with Gasteiger partial charge in [-0.25, -0.2) is 0 Å². The molecule has 1 aliphatic rings. The molecule has 0 bridgehead atoms. The van der Waals surface area contributed by atoms with E-state index in [9.17, 15) is 0 Å². The Morgan fingerprint density at radius 2 is 1.09 bits per heavy atom. The van der Waals surface area contributed by atoms with Gasteiger partial charge in [0.25, 0.3) is 0 Å². The van der Waals surface area contributed by atoms with Crippen molar-refractivity contribution in [3.63, 3.8) is 0 Å². The van der Waals surface area contributed by atoms with Gasteiger partial charge in [0.1, 0.15) is 0 Å². The van der Waals surface area contributed by atoms with Crippen LogP contribution in [0.5, 0.6) is 0 Å². The second-order valence-electron chi connectivity index (χ2n) is 15.4. The van der Waals surface area contributed by atoms with Gasteiger partial charge in [-0.3, -0.25) is 0 Å². The maximum Gasteiger partial charge on any atom is 0.0544 e. The van der Waals surface area contributed by atoms with Crippen molar-refractivity contribution < 1.29 is 0 Å². The van der Waals surface area contributed by atoms with Crippen LogP contribution in [0.25, 0.3) is 72.0 Å². The van der Waals surface area contributed by atoms with Gasteiger partial charge in [-0.2, -0.15) is 0 Å². The normalized spacial score (nSPS) is 12.9. The lowest BCUT2D eigenvalue weighted by Crippen LogP contribution is -2.15. The lowest BCUT2D eigenvalue weighted by Gasteiger charge is -2.22. The molecule has 0 saturated carbocycles. The molecule has 0 unspecified atom stereocenters. The third-order valence-electron chi connectivity index (χ3n) is 11.8. The van der Waals surface area contributed by atoms with Gasteiger partial charge < -0.3 is 4.57 Å². The van der Waals surface area contributed by atoms with Crippen LogP contribution in [-0.4, -0.2) is 4.57 Å². The zero-order chi connectivity index (χ0) is 36.4.